The van der Waals surface area contributed by atoms with Gasteiger partial charge in [0.25, 0.3) is 10.0 Å². The SMILES string of the molecule is CCCn1cc(S(=O)(=O)Nc2cn[nH]c2)cc1CNC. The molecule has 0 saturated heterocycles. The summed E-state index contributed by atoms with van der Waals surface area (Å²) in [6, 6.07) is 1.69. The number of nitrogens with zero attached hydrogens (tertiary/aromatic N) is 2. The lowest BCUT2D eigenvalue weighted by atomic mass is 10.4. The van der Waals surface area contributed by atoms with E-state index in [1.54, 1.807) is 12.3 Å². The van der Waals surface area contributed by atoms with Gasteiger partial charge < -0.3 is 9.88 Å². The Kier molecular flexibility index (Phi) is 4.46. The van der Waals surface area contributed by atoms with Crippen LogP contribution in [0.15, 0.2) is 29.6 Å². The Bertz CT molecular complexity index is 622. The second kappa shape index (κ2) is 6.10. The molecule has 0 amide bonds. The molecule has 0 aliphatic rings. The fraction of sp³-hybridized carbons (Fsp3) is 0.417. The van der Waals surface area contributed by atoms with Crippen molar-refractivity contribution in [3.63, 3.8) is 0 Å². The third-order valence-electron chi connectivity index (χ3n) is 2.84. The first-order valence-electron chi connectivity index (χ1n) is 6.42. The summed E-state index contributed by atoms with van der Waals surface area (Å²) >= 11 is 0. The van der Waals surface area contributed by atoms with Gasteiger partial charge in [0.2, 0.25) is 0 Å². The molecule has 0 radical (unpaired) electrons. The van der Waals surface area contributed by atoms with Crippen LogP contribution in [0.25, 0.3) is 0 Å². The highest BCUT2D eigenvalue weighted by Crippen LogP contribution is 2.18. The van der Waals surface area contributed by atoms with Crippen molar-refractivity contribution in [1.29, 1.82) is 0 Å². The molecule has 0 saturated carbocycles. The van der Waals surface area contributed by atoms with Crippen molar-refractivity contribution in [3.05, 3.63) is 30.4 Å². The van der Waals surface area contributed by atoms with E-state index in [4.69, 9.17) is 0 Å². The number of aromatic amines is 1. The summed E-state index contributed by atoms with van der Waals surface area (Å²) in [7, 11) is -1.75. The second-order valence-corrected chi connectivity index (χ2v) is 6.17. The molecule has 0 bridgehead atoms. The Morgan fingerprint density at radius 3 is 2.85 bits per heavy atom. The van der Waals surface area contributed by atoms with Gasteiger partial charge in [-0.2, -0.15) is 5.10 Å². The second-order valence-electron chi connectivity index (χ2n) is 4.48. The maximum absolute atomic E-state index is 12.3. The molecule has 110 valence electrons. The Morgan fingerprint density at radius 1 is 1.45 bits per heavy atom. The average Bonchev–Trinajstić information content (AvgIpc) is 3.01. The van der Waals surface area contributed by atoms with E-state index in [9.17, 15) is 8.42 Å². The smallest absolute Gasteiger partial charge is 0.263 e. The van der Waals surface area contributed by atoms with Gasteiger partial charge in [0.05, 0.1) is 11.9 Å². The highest BCUT2D eigenvalue weighted by molar-refractivity contribution is 7.92. The number of sulfonamides is 1. The maximum Gasteiger partial charge on any atom is 0.263 e. The normalized spacial score (nSPS) is 11.7. The molecule has 7 nitrogen and oxygen atoms in total. The highest BCUT2D eigenvalue weighted by atomic mass is 32.2. The van der Waals surface area contributed by atoms with Crippen molar-refractivity contribution in [2.75, 3.05) is 11.8 Å². The molecule has 2 aromatic rings. The first kappa shape index (κ1) is 14.6. The molecule has 0 unspecified atom stereocenters. The largest absolute Gasteiger partial charge is 0.349 e. The average molecular weight is 297 g/mol. The predicted octanol–water partition coefficient (Wildman–Crippen LogP) is 1.14. The third kappa shape index (κ3) is 3.20. The van der Waals surface area contributed by atoms with E-state index >= 15 is 0 Å². The van der Waals surface area contributed by atoms with Crippen LogP contribution in [-0.4, -0.2) is 30.2 Å². The Hall–Kier alpha value is -1.80. The predicted molar refractivity (Wildman–Crippen MR) is 76.9 cm³/mol. The van der Waals surface area contributed by atoms with Crippen molar-refractivity contribution in [3.8, 4) is 0 Å². The van der Waals surface area contributed by atoms with E-state index in [0.29, 0.717) is 12.2 Å². The van der Waals surface area contributed by atoms with E-state index in [1.165, 1.54) is 12.4 Å². The van der Waals surface area contributed by atoms with Crippen LogP contribution in [0.1, 0.15) is 19.0 Å². The highest BCUT2D eigenvalue weighted by Gasteiger charge is 2.18. The summed E-state index contributed by atoms with van der Waals surface area (Å²) in [4.78, 5) is 0.261. The number of aryl methyl sites for hydroxylation is 1. The summed E-state index contributed by atoms with van der Waals surface area (Å²) in [6.07, 6.45) is 5.53. The summed E-state index contributed by atoms with van der Waals surface area (Å²) in [5.41, 5.74) is 1.37. The van der Waals surface area contributed by atoms with Gasteiger partial charge in [-0.3, -0.25) is 9.82 Å². The third-order valence-corrected chi connectivity index (χ3v) is 4.19. The van der Waals surface area contributed by atoms with Crippen LogP contribution in [0.5, 0.6) is 0 Å². The molecule has 3 N–H and O–H groups in total. The summed E-state index contributed by atoms with van der Waals surface area (Å²) in [6.45, 7) is 3.47. The molecule has 0 spiro atoms. The fourth-order valence-corrected chi connectivity index (χ4v) is 3.07. The molecule has 0 atom stereocenters. The monoisotopic (exact) mass is 297 g/mol. The van der Waals surface area contributed by atoms with Crippen LogP contribution in [-0.2, 0) is 23.1 Å². The van der Waals surface area contributed by atoms with Crippen molar-refractivity contribution in [2.24, 2.45) is 0 Å². The summed E-state index contributed by atoms with van der Waals surface area (Å²) in [5.74, 6) is 0. The quantitative estimate of drug-likeness (QED) is 0.714. The Morgan fingerprint density at radius 2 is 2.25 bits per heavy atom. The molecular weight excluding hydrogens is 278 g/mol. The molecule has 2 aromatic heterocycles. The van der Waals surface area contributed by atoms with Crippen molar-refractivity contribution in [1.82, 2.24) is 20.1 Å². The van der Waals surface area contributed by atoms with Gasteiger partial charge >= 0.3 is 0 Å². The lowest BCUT2D eigenvalue weighted by Gasteiger charge is -2.06. The van der Waals surface area contributed by atoms with Crippen LogP contribution in [0.3, 0.4) is 0 Å². The summed E-state index contributed by atoms with van der Waals surface area (Å²) < 4.78 is 29.0. The topological polar surface area (TPSA) is 91.8 Å². The van der Waals surface area contributed by atoms with Gasteiger partial charge in [-0.05, 0) is 19.5 Å². The standard InChI is InChI=1S/C12H19N5O2S/c1-3-4-17-9-12(5-11(17)8-13-2)20(18,19)16-10-6-14-15-7-10/h5-7,9,13,16H,3-4,8H2,1-2H3,(H,14,15). The zero-order valence-electron chi connectivity index (χ0n) is 11.5. The molecule has 8 heteroatoms. The van der Waals surface area contributed by atoms with Crippen molar-refractivity contribution < 1.29 is 8.42 Å². The van der Waals surface area contributed by atoms with Crippen LogP contribution >= 0.6 is 0 Å². The van der Waals surface area contributed by atoms with Gasteiger partial charge in [-0.15, -0.1) is 0 Å². The lowest BCUT2D eigenvalue weighted by Crippen LogP contribution is -2.11. The molecule has 0 aromatic carbocycles. The van der Waals surface area contributed by atoms with Crippen molar-refractivity contribution >= 4 is 15.7 Å². The fourth-order valence-electron chi connectivity index (χ4n) is 1.97. The number of aromatic nitrogens is 3. The minimum absolute atomic E-state index is 0.261. The minimum Gasteiger partial charge on any atom is -0.349 e. The number of hydrogen-bond donors (Lipinski definition) is 3. The van der Waals surface area contributed by atoms with Gasteiger partial charge in [0, 0.05) is 31.2 Å². The number of H-pyrrole nitrogens is 1. The Balaban J connectivity index is 2.29. The maximum atomic E-state index is 12.3. The van der Waals surface area contributed by atoms with Crippen LogP contribution < -0.4 is 10.0 Å². The van der Waals surface area contributed by atoms with Crippen LogP contribution in [0.4, 0.5) is 5.69 Å². The van der Waals surface area contributed by atoms with E-state index in [-0.39, 0.29) is 4.90 Å². The van der Waals surface area contributed by atoms with E-state index < -0.39 is 10.0 Å². The molecule has 0 aliphatic heterocycles. The van der Waals surface area contributed by atoms with Crippen LogP contribution in [0.2, 0.25) is 0 Å². The molecular formula is C12H19N5O2S. The van der Waals surface area contributed by atoms with Gasteiger partial charge in [0.15, 0.2) is 0 Å². The van der Waals surface area contributed by atoms with Gasteiger partial charge in [0.1, 0.15) is 4.90 Å². The minimum atomic E-state index is -3.58. The van der Waals surface area contributed by atoms with Crippen molar-refractivity contribution in [2.45, 2.75) is 31.3 Å². The zero-order valence-corrected chi connectivity index (χ0v) is 12.4. The molecule has 0 aliphatic carbocycles. The number of nitrogens with one attached hydrogen (secondary N) is 3. The van der Waals surface area contributed by atoms with E-state index in [2.05, 4.69) is 27.2 Å². The molecule has 0 fully saturated rings. The molecule has 20 heavy (non-hydrogen) atoms. The first-order valence-corrected chi connectivity index (χ1v) is 7.90. The van der Waals surface area contributed by atoms with E-state index in [1.807, 2.05) is 11.6 Å². The molecule has 2 rings (SSSR count). The Labute approximate surface area is 118 Å². The van der Waals surface area contributed by atoms with E-state index in [0.717, 1.165) is 18.7 Å². The van der Waals surface area contributed by atoms with Gasteiger partial charge in [-0.25, -0.2) is 8.42 Å². The molecule has 2 heterocycles. The number of rotatable bonds is 7. The number of hydrogen-bond acceptors (Lipinski definition) is 4. The van der Waals surface area contributed by atoms with Crippen LogP contribution in [0, 0.1) is 0 Å². The zero-order chi connectivity index (χ0) is 14.6. The lowest BCUT2D eigenvalue weighted by molar-refractivity contribution is 0.599. The number of anilines is 1. The summed E-state index contributed by atoms with van der Waals surface area (Å²) in [5, 5.41) is 9.33. The first-order chi connectivity index (χ1) is 9.56. The van der Waals surface area contributed by atoms with Gasteiger partial charge in [-0.1, -0.05) is 6.92 Å².